The van der Waals surface area contributed by atoms with Crippen LogP contribution in [0.15, 0.2) is 59.7 Å². The van der Waals surface area contributed by atoms with Crippen LogP contribution in [0.2, 0.25) is 0 Å². The minimum absolute atomic E-state index is 0.0529. The lowest BCUT2D eigenvalue weighted by atomic mass is 10.1. The Labute approximate surface area is 106 Å². The monoisotopic (exact) mass is 235 g/mol. The molecule has 0 amide bonds. The van der Waals surface area contributed by atoms with Gasteiger partial charge in [-0.1, -0.05) is 36.4 Å². The van der Waals surface area contributed by atoms with E-state index in [9.17, 15) is 0 Å². The van der Waals surface area contributed by atoms with Crippen molar-refractivity contribution in [3.63, 3.8) is 0 Å². The Morgan fingerprint density at radius 2 is 1.89 bits per heavy atom. The molecule has 0 radical (unpaired) electrons. The summed E-state index contributed by atoms with van der Waals surface area (Å²) in [5, 5.41) is 9.15. The summed E-state index contributed by atoms with van der Waals surface area (Å²) in [5.74, 6) is 0. The quantitative estimate of drug-likeness (QED) is 0.767. The molecule has 0 aliphatic rings. The maximum Gasteiger partial charge on any atom is 0.161 e. The van der Waals surface area contributed by atoms with Gasteiger partial charge in [-0.2, -0.15) is 5.26 Å². The second-order valence-electron chi connectivity index (χ2n) is 3.89. The number of pyridine rings is 1. The van der Waals surface area contributed by atoms with Crippen molar-refractivity contribution in [3.05, 3.63) is 66.0 Å². The van der Waals surface area contributed by atoms with E-state index in [0.717, 1.165) is 5.56 Å². The zero-order valence-electron chi connectivity index (χ0n) is 10.1. The molecular formula is C15H13N3. The van der Waals surface area contributed by atoms with Crippen molar-refractivity contribution < 1.29 is 0 Å². The minimum atomic E-state index is -0.0529. The molecule has 1 atom stereocenters. The van der Waals surface area contributed by atoms with Crippen LogP contribution in [0, 0.1) is 11.3 Å². The first kappa shape index (κ1) is 12.0. The highest BCUT2D eigenvalue weighted by molar-refractivity contribution is 6.10. The fourth-order valence-electron chi connectivity index (χ4n) is 1.65. The van der Waals surface area contributed by atoms with Gasteiger partial charge in [0.25, 0.3) is 0 Å². The summed E-state index contributed by atoms with van der Waals surface area (Å²) < 4.78 is 0. The number of aliphatic imine (C=N–C) groups is 1. The molecule has 0 saturated carbocycles. The molecule has 0 spiro atoms. The van der Waals surface area contributed by atoms with E-state index in [2.05, 4.69) is 16.0 Å². The van der Waals surface area contributed by atoms with Gasteiger partial charge in [-0.25, -0.2) is 0 Å². The number of rotatable bonds is 3. The van der Waals surface area contributed by atoms with Crippen molar-refractivity contribution in [2.24, 2.45) is 4.99 Å². The fraction of sp³-hybridized carbons (Fsp3) is 0.133. The largest absolute Gasteiger partial charge is 0.264 e. The maximum atomic E-state index is 9.15. The van der Waals surface area contributed by atoms with Crippen molar-refractivity contribution in [2.75, 3.05) is 0 Å². The van der Waals surface area contributed by atoms with Crippen LogP contribution < -0.4 is 0 Å². The van der Waals surface area contributed by atoms with Crippen molar-refractivity contribution in [1.29, 1.82) is 5.26 Å². The van der Waals surface area contributed by atoms with E-state index in [4.69, 9.17) is 5.26 Å². The van der Waals surface area contributed by atoms with E-state index in [-0.39, 0.29) is 6.04 Å². The maximum absolute atomic E-state index is 9.15. The van der Waals surface area contributed by atoms with Gasteiger partial charge in [0.2, 0.25) is 0 Å². The van der Waals surface area contributed by atoms with Gasteiger partial charge in [0.15, 0.2) is 5.71 Å². The van der Waals surface area contributed by atoms with Gasteiger partial charge in [0.05, 0.1) is 11.7 Å². The number of nitrogens with zero attached hydrogens (tertiary/aromatic N) is 3. The third-order valence-electron chi connectivity index (χ3n) is 2.62. The first-order chi connectivity index (χ1) is 8.81. The van der Waals surface area contributed by atoms with Crippen LogP contribution in [0.1, 0.15) is 24.2 Å². The number of hydrogen-bond acceptors (Lipinski definition) is 3. The molecule has 3 heteroatoms. The van der Waals surface area contributed by atoms with E-state index in [1.165, 1.54) is 0 Å². The van der Waals surface area contributed by atoms with Gasteiger partial charge < -0.3 is 0 Å². The van der Waals surface area contributed by atoms with Crippen molar-refractivity contribution >= 4 is 5.71 Å². The molecule has 2 rings (SSSR count). The van der Waals surface area contributed by atoms with Crippen molar-refractivity contribution in [3.8, 4) is 6.07 Å². The molecule has 88 valence electrons. The minimum Gasteiger partial charge on any atom is -0.264 e. The standard InChI is InChI=1S/C15H13N3/c1-12(13-7-3-2-4-8-13)18-15(11-16)14-9-5-6-10-17-14/h2-10,12H,1H3/t12-/m1/s1. The molecule has 0 saturated heterocycles. The number of benzene rings is 1. The molecule has 0 aliphatic carbocycles. The van der Waals surface area contributed by atoms with E-state index >= 15 is 0 Å². The van der Waals surface area contributed by atoms with Crippen LogP contribution in [0.25, 0.3) is 0 Å². The highest BCUT2D eigenvalue weighted by Gasteiger charge is 2.07. The Morgan fingerprint density at radius 1 is 1.17 bits per heavy atom. The molecule has 3 nitrogen and oxygen atoms in total. The molecule has 2 aromatic rings. The van der Waals surface area contributed by atoms with Gasteiger partial charge in [-0.05, 0) is 24.6 Å². The highest BCUT2D eigenvalue weighted by Crippen LogP contribution is 2.16. The van der Waals surface area contributed by atoms with Gasteiger partial charge in [-0.15, -0.1) is 0 Å². The van der Waals surface area contributed by atoms with E-state index < -0.39 is 0 Å². The van der Waals surface area contributed by atoms with Gasteiger partial charge in [0, 0.05) is 6.20 Å². The summed E-state index contributed by atoms with van der Waals surface area (Å²) >= 11 is 0. The molecular weight excluding hydrogens is 222 g/mol. The predicted octanol–water partition coefficient (Wildman–Crippen LogP) is 3.16. The topological polar surface area (TPSA) is 49.0 Å². The van der Waals surface area contributed by atoms with Crippen LogP contribution in [0.4, 0.5) is 0 Å². The van der Waals surface area contributed by atoms with Crippen LogP contribution in [0.5, 0.6) is 0 Å². The Kier molecular flexibility index (Phi) is 3.83. The molecule has 1 aromatic carbocycles. The lowest BCUT2D eigenvalue weighted by Crippen LogP contribution is -2.03. The van der Waals surface area contributed by atoms with Crippen LogP contribution >= 0.6 is 0 Å². The van der Waals surface area contributed by atoms with Gasteiger partial charge in [0.1, 0.15) is 6.07 Å². The highest BCUT2D eigenvalue weighted by atomic mass is 14.8. The normalized spacial score (nSPS) is 12.8. The molecule has 0 N–H and O–H groups in total. The van der Waals surface area contributed by atoms with E-state index in [1.54, 1.807) is 12.3 Å². The zero-order chi connectivity index (χ0) is 12.8. The lowest BCUT2D eigenvalue weighted by Gasteiger charge is -2.07. The summed E-state index contributed by atoms with van der Waals surface area (Å²) in [4.78, 5) is 8.57. The molecule has 0 unspecified atom stereocenters. The average Bonchev–Trinajstić information content (AvgIpc) is 2.46. The first-order valence-electron chi connectivity index (χ1n) is 5.75. The molecule has 18 heavy (non-hydrogen) atoms. The van der Waals surface area contributed by atoms with Crippen LogP contribution in [-0.2, 0) is 0 Å². The number of nitriles is 1. The average molecular weight is 235 g/mol. The Morgan fingerprint density at radius 3 is 2.50 bits per heavy atom. The van der Waals surface area contributed by atoms with E-state index in [1.807, 2.05) is 49.4 Å². The van der Waals surface area contributed by atoms with Crippen molar-refractivity contribution in [2.45, 2.75) is 13.0 Å². The lowest BCUT2D eigenvalue weighted by molar-refractivity contribution is 0.821. The zero-order valence-corrected chi connectivity index (χ0v) is 10.1. The smallest absolute Gasteiger partial charge is 0.161 e. The first-order valence-corrected chi connectivity index (χ1v) is 5.75. The Bertz CT molecular complexity index is 568. The summed E-state index contributed by atoms with van der Waals surface area (Å²) in [6, 6.07) is 17.4. The summed E-state index contributed by atoms with van der Waals surface area (Å²) in [6.07, 6.45) is 1.66. The molecule has 1 aromatic heterocycles. The van der Waals surface area contributed by atoms with Crippen LogP contribution in [-0.4, -0.2) is 10.7 Å². The summed E-state index contributed by atoms with van der Waals surface area (Å²) in [5.41, 5.74) is 2.07. The van der Waals surface area contributed by atoms with E-state index in [0.29, 0.717) is 11.4 Å². The second kappa shape index (κ2) is 5.74. The molecule has 0 fully saturated rings. The number of aromatic nitrogens is 1. The van der Waals surface area contributed by atoms with Crippen molar-refractivity contribution in [1.82, 2.24) is 4.98 Å². The predicted molar refractivity (Wildman–Crippen MR) is 71.2 cm³/mol. The van der Waals surface area contributed by atoms with Crippen LogP contribution in [0.3, 0.4) is 0 Å². The molecule has 1 heterocycles. The third kappa shape index (κ3) is 2.80. The fourth-order valence-corrected chi connectivity index (χ4v) is 1.65. The molecule has 0 aliphatic heterocycles. The summed E-state index contributed by atoms with van der Waals surface area (Å²) in [6.45, 7) is 1.97. The Balaban J connectivity index is 2.29. The van der Waals surface area contributed by atoms with Gasteiger partial charge >= 0.3 is 0 Å². The number of hydrogen-bond donors (Lipinski definition) is 0. The second-order valence-corrected chi connectivity index (χ2v) is 3.89. The SMILES string of the molecule is C[C@@H](N=C(C#N)c1ccccn1)c1ccccc1. The van der Waals surface area contributed by atoms with Gasteiger partial charge in [-0.3, -0.25) is 9.98 Å². The third-order valence-corrected chi connectivity index (χ3v) is 2.62. The summed E-state index contributed by atoms with van der Waals surface area (Å²) in [7, 11) is 0. The Hall–Kier alpha value is -2.47. The molecule has 0 bridgehead atoms.